The Labute approximate surface area is 100 Å². The first-order chi connectivity index (χ1) is 7.16. The Balaban J connectivity index is 4.00. The fourth-order valence-corrected chi connectivity index (χ4v) is 2.24. The van der Waals surface area contributed by atoms with Crippen LogP contribution in [0, 0.1) is 5.41 Å². The van der Waals surface area contributed by atoms with E-state index in [1.807, 2.05) is 7.05 Å². The molecule has 3 heteroatoms. The van der Waals surface area contributed by atoms with Crippen LogP contribution < -0.4 is 10.6 Å². The third-order valence-corrected chi connectivity index (χ3v) is 2.28. The van der Waals surface area contributed by atoms with Crippen LogP contribution in [-0.4, -0.2) is 25.0 Å². The number of nitrogens with one attached hydrogen (secondary N) is 2. The second-order valence-corrected chi connectivity index (χ2v) is 6.38. The van der Waals surface area contributed by atoms with Crippen LogP contribution in [0.1, 0.15) is 53.9 Å². The van der Waals surface area contributed by atoms with Gasteiger partial charge in [0, 0.05) is 12.0 Å². The Bertz CT molecular complexity index is 216. The Morgan fingerprint density at radius 1 is 1.12 bits per heavy atom. The summed E-state index contributed by atoms with van der Waals surface area (Å²) in [5, 5.41) is 6.15. The van der Waals surface area contributed by atoms with Crippen LogP contribution in [-0.2, 0) is 4.79 Å². The Morgan fingerprint density at radius 2 is 1.69 bits per heavy atom. The molecule has 0 rings (SSSR count). The van der Waals surface area contributed by atoms with Gasteiger partial charge >= 0.3 is 0 Å². The van der Waals surface area contributed by atoms with E-state index in [0.29, 0.717) is 6.42 Å². The monoisotopic (exact) mass is 228 g/mol. The topological polar surface area (TPSA) is 41.1 Å². The fraction of sp³-hybridized carbons (Fsp3) is 0.923. The minimum absolute atomic E-state index is 0.116. The highest BCUT2D eigenvalue weighted by molar-refractivity contribution is 5.76. The second kappa shape index (κ2) is 6.24. The van der Waals surface area contributed by atoms with Crippen LogP contribution in [0.4, 0.5) is 0 Å². The predicted octanol–water partition coefficient (Wildman–Crippen LogP) is 2.32. The van der Waals surface area contributed by atoms with Crippen LogP contribution in [0.25, 0.3) is 0 Å². The van der Waals surface area contributed by atoms with E-state index in [9.17, 15) is 4.79 Å². The molecule has 0 aliphatic carbocycles. The molecule has 0 bridgehead atoms. The number of hydrogen-bond donors (Lipinski definition) is 2. The van der Waals surface area contributed by atoms with Gasteiger partial charge in [0.15, 0.2) is 0 Å². The van der Waals surface area contributed by atoms with Crippen molar-refractivity contribution in [2.45, 2.75) is 59.4 Å². The van der Waals surface area contributed by atoms with Gasteiger partial charge in [0.25, 0.3) is 0 Å². The highest BCUT2D eigenvalue weighted by Crippen LogP contribution is 2.26. The summed E-state index contributed by atoms with van der Waals surface area (Å²) in [6, 6.07) is 0. The lowest BCUT2D eigenvalue weighted by Crippen LogP contribution is -2.45. The number of hydrogen-bond acceptors (Lipinski definition) is 2. The van der Waals surface area contributed by atoms with E-state index in [-0.39, 0.29) is 16.9 Å². The van der Waals surface area contributed by atoms with Gasteiger partial charge in [-0.3, -0.25) is 4.79 Å². The first-order valence-corrected chi connectivity index (χ1v) is 6.12. The zero-order chi connectivity index (χ0) is 12.8. The van der Waals surface area contributed by atoms with Crippen LogP contribution in [0.15, 0.2) is 0 Å². The first kappa shape index (κ1) is 15.4. The van der Waals surface area contributed by atoms with Crippen LogP contribution in [0.2, 0.25) is 0 Å². The average molecular weight is 228 g/mol. The van der Waals surface area contributed by atoms with Gasteiger partial charge in [0.05, 0.1) is 0 Å². The molecular weight excluding hydrogens is 200 g/mol. The van der Waals surface area contributed by atoms with Gasteiger partial charge in [-0.25, -0.2) is 0 Å². The third kappa shape index (κ3) is 8.72. The standard InChI is InChI=1S/C13H28N2O/c1-12(2,3)10-13(4,5)15-11(16)8-7-9-14-6/h14H,7-10H2,1-6H3,(H,15,16). The van der Waals surface area contributed by atoms with Gasteiger partial charge in [-0.05, 0) is 45.7 Å². The summed E-state index contributed by atoms with van der Waals surface area (Å²) < 4.78 is 0. The molecule has 0 unspecified atom stereocenters. The maximum atomic E-state index is 11.7. The molecule has 0 aromatic carbocycles. The van der Waals surface area contributed by atoms with Crippen molar-refractivity contribution in [2.24, 2.45) is 5.41 Å². The molecule has 16 heavy (non-hydrogen) atoms. The zero-order valence-corrected chi connectivity index (χ0v) is 11.7. The molecule has 0 aliphatic heterocycles. The maximum Gasteiger partial charge on any atom is 0.220 e. The molecule has 0 spiro atoms. The minimum atomic E-state index is -0.116. The Morgan fingerprint density at radius 3 is 2.12 bits per heavy atom. The smallest absolute Gasteiger partial charge is 0.220 e. The van der Waals surface area contributed by atoms with Gasteiger partial charge in [-0.2, -0.15) is 0 Å². The van der Waals surface area contributed by atoms with Crippen LogP contribution in [0.3, 0.4) is 0 Å². The van der Waals surface area contributed by atoms with Crippen molar-refractivity contribution in [3.8, 4) is 0 Å². The second-order valence-electron chi connectivity index (χ2n) is 6.38. The molecule has 0 radical (unpaired) electrons. The van der Waals surface area contributed by atoms with Crippen LogP contribution >= 0.6 is 0 Å². The Hall–Kier alpha value is -0.570. The predicted molar refractivity (Wildman–Crippen MR) is 69.5 cm³/mol. The maximum absolute atomic E-state index is 11.7. The lowest BCUT2D eigenvalue weighted by atomic mass is 9.82. The van der Waals surface area contributed by atoms with E-state index in [1.165, 1.54) is 0 Å². The summed E-state index contributed by atoms with van der Waals surface area (Å²) in [5.74, 6) is 0.157. The average Bonchev–Trinajstić information content (AvgIpc) is 1.98. The molecule has 0 saturated carbocycles. The van der Waals surface area contributed by atoms with E-state index in [1.54, 1.807) is 0 Å². The molecule has 3 nitrogen and oxygen atoms in total. The highest BCUT2D eigenvalue weighted by atomic mass is 16.1. The van der Waals surface area contributed by atoms with Gasteiger partial charge in [0.1, 0.15) is 0 Å². The molecule has 0 saturated heterocycles. The van der Waals surface area contributed by atoms with E-state index >= 15 is 0 Å². The molecule has 0 fully saturated rings. The fourth-order valence-electron chi connectivity index (χ4n) is 2.24. The Kier molecular flexibility index (Phi) is 6.01. The van der Waals surface area contributed by atoms with Crippen molar-refractivity contribution in [1.29, 1.82) is 0 Å². The van der Waals surface area contributed by atoms with Crippen LogP contribution in [0.5, 0.6) is 0 Å². The van der Waals surface area contributed by atoms with Gasteiger partial charge in [-0.1, -0.05) is 20.8 Å². The molecule has 2 N–H and O–H groups in total. The largest absolute Gasteiger partial charge is 0.351 e. The van der Waals surface area contributed by atoms with Gasteiger partial charge < -0.3 is 10.6 Å². The summed E-state index contributed by atoms with van der Waals surface area (Å²) >= 11 is 0. The lowest BCUT2D eigenvalue weighted by Gasteiger charge is -2.33. The van der Waals surface area contributed by atoms with E-state index in [4.69, 9.17) is 0 Å². The minimum Gasteiger partial charge on any atom is -0.351 e. The molecule has 1 amide bonds. The number of carbonyl (C=O) groups is 1. The molecule has 0 aromatic heterocycles. The number of carbonyl (C=O) groups excluding carboxylic acids is 1. The molecule has 0 aliphatic rings. The molecule has 96 valence electrons. The lowest BCUT2D eigenvalue weighted by molar-refractivity contribution is -0.123. The van der Waals surface area contributed by atoms with Crippen molar-refractivity contribution >= 4 is 5.91 Å². The highest BCUT2D eigenvalue weighted by Gasteiger charge is 2.26. The van der Waals surface area contributed by atoms with Crippen molar-refractivity contribution in [1.82, 2.24) is 10.6 Å². The molecule has 0 aromatic rings. The third-order valence-electron chi connectivity index (χ3n) is 2.28. The number of rotatable bonds is 6. The SMILES string of the molecule is CNCCCC(=O)NC(C)(C)CC(C)(C)C. The normalized spacial score (nSPS) is 12.6. The van der Waals surface area contributed by atoms with E-state index in [2.05, 4.69) is 45.3 Å². The summed E-state index contributed by atoms with van der Waals surface area (Å²) in [4.78, 5) is 11.7. The van der Waals surface area contributed by atoms with Crippen molar-refractivity contribution < 1.29 is 4.79 Å². The van der Waals surface area contributed by atoms with Gasteiger partial charge in [0.2, 0.25) is 5.91 Å². The summed E-state index contributed by atoms with van der Waals surface area (Å²) in [7, 11) is 1.90. The van der Waals surface area contributed by atoms with E-state index < -0.39 is 0 Å². The van der Waals surface area contributed by atoms with E-state index in [0.717, 1.165) is 19.4 Å². The van der Waals surface area contributed by atoms with Crippen molar-refractivity contribution in [3.63, 3.8) is 0 Å². The summed E-state index contributed by atoms with van der Waals surface area (Å²) in [5.41, 5.74) is 0.122. The van der Waals surface area contributed by atoms with Gasteiger partial charge in [-0.15, -0.1) is 0 Å². The van der Waals surface area contributed by atoms with Crippen molar-refractivity contribution in [3.05, 3.63) is 0 Å². The number of amides is 1. The summed E-state index contributed by atoms with van der Waals surface area (Å²) in [6.07, 6.45) is 2.49. The van der Waals surface area contributed by atoms with Crippen molar-refractivity contribution in [2.75, 3.05) is 13.6 Å². The molecule has 0 heterocycles. The first-order valence-electron chi connectivity index (χ1n) is 6.12. The molecule has 0 atom stereocenters. The molecular formula is C13H28N2O. The quantitative estimate of drug-likeness (QED) is 0.685. The zero-order valence-electron chi connectivity index (χ0n) is 11.7. The summed E-state index contributed by atoms with van der Waals surface area (Å²) in [6.45, 7) is 11.7.